The molecule has 0 spiro atoms. The van der Waals surface area contributed by atoms with Crippen LogP contribution < -0.4 is 14.4 Å². The van der Waals surface area contributed by atoms with Crippen molar-refractivity contribution in [1.29, 1.82) is 0 Å². The SMILES string of the molecule is COc1ccc(C(CCN2CCN(c3ccc(C)c(C)c3)CC2)Oc2ccc(C)cc2)cc1. The largest absolute Gasteiger partial charge is 0.497 e. The van der Waals surface area contributed by atoms with Gasteiger partial charge in [0.25, 0.3) is 0 Å². The van der Waals surface area contributed by atoms with Crippen molar-refractivity contribution in [3.05, 3.63) is 89.0 Å². The summed E-state index contributed by atoms with van der Waals surface area (Å²) in [6, 6.07) is 23.4. The zero-order valence-electron chi connectivity index (χ0n) is 20.4. The fraction of sp³-hybridized carbons (Fsp3) is 0.379. The maximum atomic E-state index is 6.46. The zero-order valence-corrected chi connectivity index (χ0v) is 20.4. The highest BCUT2D eigenvalue weighted by Gasteiger charge is 2.20. The Morgan fingerprint density at radius 2 is 1.42 bits per heavy atom. The van der Waals surface area contributed by atoms with E-state index in [1.807, 2.05) is 12.1 Å². The summed E-state index contributed by atoms with van der Waals surface area (Å²) in [6.45, 7) is 11.8. The van der Waals surface area contributed by atoms with E-state index in [2.05, 4.69) is 85.2 Å². The van der Waals surface area contributed by atoms with Crippen LogP contribution in [0.1, 0.15) is 34.8 Å². The van der Waals surface area contributed by atoms with E-state index in [9.17, 15) is 0 Å². The summed E-state index contributed by atoms with van der Waals surface area (Å²) in [7, 11) is 1.70. The van der Waals surface area contributed by atoms with E-state index in [4.69, 9.17) is 9.47 Å². The van der Waals surface area contributed by atoms with Gasteiger partial charge in [-0.05, 0) is 73.9 Å². The van der Waals surface area contributed by atoms with Gasteiger partial charge in [0, 0.05) is 44.8 Å². The number of rotatable bonds is 8. The maximum absolute atomic E-state index is 6.46. The molecule has 1 atom stereocenters. The summed E-state index contributed by atoms with van der Waals surface area (Å²) in [5.41, 5.74) is 6.49. The molecule has 174 valence electrons. The van der Waals surface area contributed by atoms with Gasteiger partial charge in [-0.15, -0.1) is 0 Å². The first-order chi connectivity index (χ1) is 16.0. The van der Waals surface area contributed by atoms with Crippen LogP contribution in [0.3, 0.4) is 0 Å². The second-order valence-electron chi connectivity index (χ2n) is 9.08. The number of ether oxygens (including phenoxy) is 2. The molecule has 4 heteroatoms. The number of aryl methyl sites for hydroxylation is 3. The van der Waals surface area contributed by atoms with Crippen LogP contribution in [-0.2, 0) is 0 Å². The van der Waals surface area contributed by atoms with E-state index in [-0.39, 0.29) is 6.10 Å². The molecule has 1 fully saturated rings. The van der Waals surface area contributed by atoms with E-state index in [0.717, 1.165) is 50.6 Å². The fourth-order valence-corrected chi connectivity index (χ4v) is 4.35. The topological polar surface area (TPSA) is 24.9 Å². The van der Waals surface area contributed by atoms with E-state index in [1.54, 1.807) is 7.11 Å². The van der Waals surface area contributed by atoms with Gasteiger partial charge in [-0.3, -0.25) is 4.90 Å². The lowest BCUT2D eigenvalue weighted by Gasteiger charge is -2.37. The summed E-state index contributed by atoms with van der Waals surface area (Å²) in [5.74, 6) is 1.79. The first-order valence-corrected chi connectivity index (χ1v) is 11.9. The molecular weight excluding hydrogens is 408 g/mol. The van der Waals surface area contributed by atoms with Crippen LogP contribution in [0.5, 0.6) is 11.5 Å². The Labute approximate surface area is 198 Å². The van der Waals surface area contributed by atoms with Crippen molar-refractivity contribution < 1.29 is 9.47 Å². The third-order valence-electron chi connectivity index (χ3n) is 6.72. The predicted octanol–water partition coefficient (Wildman–Crippen LogP) is 5.95. The maximum Gasteiger partial charge on any atom is 0.125 e. The van der Waals surface area contributed by atoms with Crippen LogP contribution in [0.15, 0.2) is 66.7 Å². The molecule has 1 aliphatic rings. The lowest BCUT2D eigenvalue weighted by molar-refractivity contribution is 0.160. The Morgan fingerprint density at radius 1 is 0.758 bits per heavy atom. The summed E-state index contributed by atoms with van der Waals surface area (Å²) in [5, 5.41) is 0. The number of nitrogens with zero attached hydrogens (tertiary/aromatic N) is 2. The Hall–Kier alpha value is -2.98. The number of methoxy groups -OCH3 is 1. The molecule has 3 aromatic carbocycles. The predicted molar refractivity (Wildman–Crippen MR) is 137 cm³/mol. The second-order valence-corrected chi connectivity index (χ2v) is 9.08. The highest BCUT2D eigenvalue weighted by molar-refractivity contribution is 5.51. The van der Waals surface area contributed by atoms with Gasteiger partial charge in [-0.1, -0.05) is 35.9 Å². The van der Waals surface area contributed by atoms with Crippen molar-refractivity contribution >= 4 is 5.69 Å². The minimum absolute atomic E-state index is 0.0105. The number of hydrogen-bond donors (Lipinski definition) is 0. The van der Waals surface area contributed by atoms with E-state index < -0.39 is 0 Å². The van der Waals surface area contributed by atoms with Crippen molar-refractivity contribution in [3.8, 4) is 11.5 Å². The molecule has 0 saturated carbocycles. The molecule has 0 radical (unpaired) electrons. The van der Waals surface area contributed by atoms with Crippen LogP contribution in [0.25, 0.3) is 0 Å². The van der Waals surface area contributed by atoms with E-state index in [0.29, 0.717) is 0 Å². The molecule has 0 amide bonds. The van der Waals surface area contributed by atoms with Crippen LogP contribution in [0.2, 0.25) is 0 Å². The number of piperazine rings is 1. The summed E-state index contributed by atoms with van der Waals surface area (Å²) in [4.78, 5) is 5.07. The molecule has 0 bridgehead atoms. The molecule has 0 aromatic heterocycles. The van der Waals surface area contributed by atoms with Gasteiger partial charge in [-0.2, -0.15) is 0 Å². The minimum atomic E-state index is 0.0105. The quantitative estimate of drug-likeness (QED) is 0.428. The van der Waals surface area contributed by atoms with Crippen molar-refractivity contribution in [1.82, 2.24) is 4.90 Å². The van der Waals surface area contributed by atoms with Crippen LogP contribution in [0, 0.1) is 20.8 Å². The van der Waals surface area contributed by atoms with Gasteiger partial charge < -0.3 is 14.4 Å². The molecule has 4 rings (SSSR count). The summed E-state index contributed by atoms with van der Waals surface area (Å²) >= 11 is 0. The van der Waals surface area contributed by atoms with Crippen LogP contribution >= 0.6 is 0 Å². The van der Waals surface area contributed by atoms with Crippen molar-refractivity contribution in [2.45, 2.75) is 33.3 Å². The molecule has 1 saturated heterocycles. The zero-order chi connectivity index (χ0) is 23.2. The first kappa shape index (κ1) is 23.2. The average Bonchev–Trinajstić information content (AvgIpc) is 2.85. The standard InChI is InChI=1S/C29H36N2O2/c1-22-5-11-28(12-6-22)33-29(25-8-13-27(32-4)14-9-25)15-16-30-17-19-31(20-18-30)26-10-7-23(2)24(3)21-26/h5-14,21,29H,15-20H2,1-4H3. The first-order valence-electron chi connectivity index (χ1n) is 11.9. The van der Waals surface area contributed by atoms with Gasteiger partial charge >= 0.3 is 0 Å². The van der Waals surface area contributed by atoms with E-state index >= 15 is 0 Å². The number of hydrogen-bond acceptors (Lipinski definition) is 4. The minimum Gasteiger partial charge on any atom is -0.497 e. The monoisotopic (exact) mass is 444 g/mol. The molecule has 0 N–H and O–H groups in total. The molecule has 1 aliphatic heterocycles. The molecular formula is C29H36N2O2. The smallest absolute Gasteiger partial charge is 0.125 e. The van der Waals surface area contributed by atoms with Crippen LogP contribution in [-0.4, -0.2) is 44.7 Å². The lowest BCUT2D eigenvalue weighted by Crippen LogP contribution is -2.47. The van der Waals surface area contributed by atoms with Gasteiger partial charge in [-0.25, -0.2) is 0 Å². The van der Waals surface area contributed by atoms with Gasteiger partial charge in [0.2, 0.25) is 0 Å². The van der Waals surface area contributed by atoms with Crippen molar-refractivity contribution in [2.24, 2.45) is 0 Å². The number of anilines is 1. The lowest BCUT2D eigenvalue weighted by atomic mass is 10.1. The molecule has 1 heterocycles. The van der Waals surface area contributed by atoms with Crippen molar-refractivity contribution in [3.63, 3.8) is 0 Å². The normalized spacial score (nSPS) is 15.3. The highest BCUT2D eigenvalue weighted by atomic mass is 16.5. The summed E-state index contributed by atoms with van der Waals surface area (Å²) in [6.07, 6.45) is 0.959. The Morgan fingerprint density at radius 3 is 2.06 bits per heavy atom. The van der Waals surface area contributed by atoms with Gasteiger partial charge in [0.1, 0.15) is 17.6 Å². The van der Waals surface area contributed by atoms with Gasteiger partial charge in [0.05, 0.1) is 7.11 Å². The third kappa shape index (κ3) is 6.08. The second kappa shape index (κ2) is 10.8. The van der Waals surface area contributed by atoms with Crippen LogP contribution in [0.4, 0.5) is 5.69 Å². The molecule has 0 aliphatic carbocycles. The Bertz CT molecular complexity index is 1020. The average molecular weight is 445 g/mol. The molecule has 33 heavy (non-hydrogen) atoms. The summed E-state index contributed by atoms with van der Waals surface area (Å²) < 4.78 is 11.8. The molecule has 4 nitrogen and oxygen atoms in total. The van der Waals surface area contributed by atoms with E-state index in [1.165, 1.54) is 27.9 Å². The van der Waals surface area contributed by atoms with Crippen molar-refractivity contribution in [2.75, 3.05) is 44.7 Å². The Balaban J connectivity index is 1.37. The van der Waals surface area contributed by atoms with Gasteiger partial charge in [0.15, 0.2) is 0 Å². The number of benzene rings is 3. The molecule has 3 aromatic rings. The third-order valence-corrected chi connectivity index (χ3v) is 6.72. The highest BCUT2D eigenvalue weighted by Crippen LogP contribution is 2.28. The Kier molecular flexibility index (Phi) is 7.56. The fourth-order valence-electron chi connectivity index (χ4n) is 4.35. The molecule has 1 unspecified atom stereocenters.